The van der Waals surface area contributed by atoms with Gasteiger partial charge in [0, 0.05) is 32.9 Å². The highest BCUT2D eigenvalue weighted by molar-refractivity contribution is 6.19. The highest BCUT2D eigenvalue weighted by atomic mass is 15.0. The van der Waals surface area contributed by atoms with E-state index < -0.39 is 0 Å². The van der Waals surface area contributed by atoms with Crippen LogP contribution in [-0.2, 0) is 10.8 Å². The number of aromatic nitrogens is 2. The van der Waals surface area contributed by atoms with E-state index in [0.29, 0.717) is 0 Å². The van der Waals surface area contributed by atoms with Crippen LogP contribution in [0.3, 0.4) is 0 Å². The lowest BCUT2D eigenvalue weighted by atomic mass is 9.63. The van der Waals surface area contributed by atoms with Gasteiger partial charge in [-0.3, -0.25) is 0 Å². The maximum Gasteiger partial charge on any atom is 0.0548 e. The maximum atomic E-state index is 2.55. The summed E-state index contributed by atoms with van der Waals surface area (Å²) >= 11 is 0. The van der Waals surface area contributed by atoms with E-state index in [1.807, 2.05) is 0 Å². The summed E-state index contributed by atoms with van der Waals surface area (Å²) in [5.41, 5.74) is 15.4. The van der Waals surface area contributed by atoms with E-state index >= 15 is 0 Å². The fourth-order valence-electron chi connectivity index (χ4n) is 9.01. The van der Waals surface area contributed by atoms with Crippen molar-refractivity contribution in [1.29, 1.82) is 0 Å². The molecule has 1 aliphatic carbocycles. The minimum absolute atomic E-state index is 0.116. The SMILES string of the molecule is CC1(C)CCC(C)(C)c2cc3c(cc21)c1cc2c(cc1n3-c1ccccc1)c1ccccc1n2-c1cc(-c2ccccc2)cc(-c2ccccc2)c1. The average Bonchev–Trinajstić information content (AvgIpc) is 3.67. The van der Waals surface area contributed by atoms with Crippen molar-refractivity contribution in [1.82, 2.24) is 9.13 Å². The van der Waals surface area contributed by atoms with Crippen LogP contribution < -0.4 is 0 Å². The second-order valence-electron chi connectivity index (χ2n) is 16.1. The molecule has 0 unspecified atom stereocenters. The highest BCUT2D eigenvalue weighted by Crippen LogP contribution is 2.49. The second kappa shape index (κ2) is 11.3. The molecule has 2 aromatic heterocycles. The molecule has 0 spiro atoms. The quantitative estimate of drug-likeness (QED) is 0.176. The first kappa shape index (κ1) is 30.9. The molecule has 2 nitrogen and oxygen atoms in total. The molecule has 252 valence electrons. The molecule has 10 rings (SSSR count). The van der Waals surface area contributed by atoms with Gasteiger partial charge in [-0.25, -0.2) is 0 Å². The summed E-state index contributed by atoms with van der Waals surface area (Å²) in [4.78, 5) is 0. The highest BCUT2D eigenvalue weighted by Gasteiger charge is 2.38. The van der Waals surface area contributed by atoms with Gasteiger partial charge >= 0.3 is 0 Å². The third-order valence-electron chi connectivity index (χ3n) is 11.9. The molecule has 0 saturated heterocycles. The largest absolute Gasteiger partial charge is 0.309 e. The first-order valence-electron chi connectivity index (χ1n) is 18.6. The number of fused-ring (bicyclic) bond motifs is 7. The number of hydrogen-bond acceptors (Lipinski definition) is 0. The van der Waals surface area contributed by atoms with Crippen molar-refractivity contribution >= 4 is 43.6 Å². The molecule has 52 heavy (non-hydrogen) atoms. The fourth-order valence-corrected chi connectivity index (χ4v) is 9.01. The predicted octanol–water partition coefficient (Wildman–Crippen LogP) is 13.6. The smallest absolute Gasteiger partial charge is 0.0548 e. The van der Waals surface area contributed by atoms with E-state index in [4.69, 9.17) is 0 Å². The molecule has 2 heteroatoms. The summed E-state index contributed by atoms with van der Waals surface area (Å²) in [6.07, 6.45) is 2.38. The van der Waals surface area contributed by atoms with E-state index in [0.717, 1.165) is 5.69 Å². The van der Waals surface area contributed by atoms with Gasteiger partial charge in [0.1, 0.15) is 0 Å². The van der Waals surface area contributed by atoms with Crippen molar-refractivity contribution in [2.45, 2.75) is 51.4 Å². The van der Waals surface area contributed by atoms with Crippen molar-refractivity contribution in [3.8, 4) is 33.6 Å². The van der Waals surface area contributed by atoms with E-state index in [1.54, 1.807) is 0 Å². The summed E-state index contributed by atoms with van der Waals surface area (Å²) in [5, 5.41) is 5.14. The van der Waals surface area contributed by atoms with Crippen LogP contribution in [0.4, 0.5) is 0 Å². The number of benzene rings is 7. The number of hydrogen-bond donors (Lipinski definition) is 0. The second-order valence-corrected chi connectivity index (χ2v) is 16.1. The Hall–Kier alpha value is -5.86. The molecule has 1 aliphatic rings. The van der Waals surface area contributed by atoms with Crippen LogP contribution in [0.2, 0.25) is 0 Å². The van der Waals surface area contributed by atoms with Crippen molar-refractivity contribution in [3.05, 3.63) is 169 Å². The Morgan fingerprint density at radius 2 is 0.788 bits per heavy atom. The first-order valence-corrected chi connectivity index (χ1v) is 18.6. The first-order chi connectivity index (χ1) is 25.3. The zero-order chi connectivity index (χ0) is 35.2. The molecule has 2 heterocycles. The van der Waals surface area contributed by atoms with Gasteiger partial charge in [0.25, 0.3) is 0 Å². The summed E-state index contributed by atoms with van der Waals surface area (Å²) < 4.78 is 5.01. The lowest BCUT2D eigenvalue weighted by molar-refractivity contribution is 0.332. The Morgan fingerprint density at radius 1 is 0.346 bits per heavy atom. The Labute approximate surface area is 305 Å². The van der Waals surface area contributed by atoms with Crippen molar-refractivity contribution in [2.24, 2.45) is 0 Å². The maximum absolute atomic E-state index is 2.55. The summed E-state index contributed by atoms with van der Waals surface area (Å²) in [6.45, 7) is 9.73. The average molecular weight is 671 g/mol. The van der Waals surface area contributed by atoms with Crippen LogP contribution in [0.5, 0.6) is 0 Å². The lowest BCUT2D eigenvalue weighted by Gasteiger charge is -2.42. The van der Waals surface area contributed by atoms with E-state index in [9.17, 15) is 0 Å². The summed E-state index contributed by atoms with van der Waals surface area (Å²) in [6, 6.07) is 58.5. The van der Waals surface area contributed by atoms with Crippen molar-refractivity contribution in [3.63, 3.8) is 0 Å². The van der Waals surface area contributed by atoms with Gasteiger partial charge in [0.15, 0.2) is 0 Å². The van der Waals surface area contributed by atoms with Crippen molar-refractivity contribution < 1.29 is 0 Å². The minimum Gasteiger partial charge on any atom is -0.309 e. The predicted molar refractivity (Wildman–Crippen MR) is 221 cm³/mol. The molecular formula is C50H42N2. The lowest BCUT2D eigenvalue weighted by Crippen LogP contribution is -2.33. The van der Waals surface area contributed by atoms with Gasteiger partial charge in [0.05, 0.1) is 22.1 Å². The Morgan fingerprint density at radius 3 is 1.38 bits per heavy atom. The monoisotopic (exact) mass is 670 g/mol. The number of rotatable bonds is 4. The molecule has 0 amide bonds. The van der Waals surface area contributed by atoms with E-state index in [2.05, 4.69) is 195 Å². The van der Waals surface area contributed by atoms with Crippen LogP contribution in [-0.4, -0.2) is 9.13 Å². The Bertz CT molecular complexity index is 2760. The molecular weight excluding hydrogens is 629 g/mol. The number of para-hydroxylation sites is 2. The molecule has 0 fully saturated rings. The molecule has 0 bridgehead atoms. The van der Waals surface area contributed by atoms with Crippen LogP contribution in [0.15, 0.2) is 158 Å². The third-order valence-corrected chi connectivity index (χ3v) is 11.9. The van der Waals surface area contributed by atoms with Gasteiger partial charge in [-0.2, -0.15) is 0 Å². The molecule has 0 atom stereocenters. The van der Waals surface area contributed by atoms with Crippen LogP contribution in [0.1, 0.15) is 51.7 Å². The van der Waals surface area contributed by atoms with E-state index in [1.165, 1.54) is 95.5 Å². The molecule has 9 aromatic rings. The van der Waals surface area contributed by atoms with Gasteiger partial charge in [-0.15, -0.1) is 0 Å². The van der Waals surface area contributed by atoms with Gasteiger partial charge in [0.2, 0.25) is 0 Å². The fraction of sp³-hybridized carbons (Fsp3) is 0.160. The van der Waals surface area contributed by atoms with Crippen molar-refractivity contribution in [2.75, 3.05) is 0 Å². The molecule has 0 aliphatic heterocycles. The van der Waals surface area contributed by atoms with Crippen LogP contribution in [0.25, 0.3) is 77.2 Å². The van der Waals surface area contributed by atoms with Gasteiger partial charge in [-0.05, 0) is 118 Å². The summed E-state index contributed by atoms with van der Waals surface area (Å²) in [7, 11) is 0. The zero-order valence-electron chi connectivity index (χ0n) is 30.3. The van der Waals surface area contributed by atoms with Crippen LogP contribution >= 0.6 is 0 Å². The Balaban J connectivity index is 1.34. The Kier molecular flexibility index (Phi) is 6.73. The van der Waals surface area contributed by atoms with E-state index in [-0.39, 0.29) is 10.8 Å². The molecule has 0 saturated carbocycles. The van der Waals surface area contributed by atoms with Gasteiger partial charge in [-0.1, -0.05) is 125 Å². The van der Waals surface area contributed by atoms with Crippen LogP contribution in [0, 0.1) is 0 Å². The third kappa shape index (κ3) is 4.70. The van der Waals surface area contributed by atoms with Gasteiger partial charge < -0.3 is 9.13 Å². The normalized spacial score (nSPS) is 15.1. The molecule has 0 radical (unpaired) electrons. The number of nitrogens with zero attached hydrogens (tertiary/aromatic N) is 2. The molecule has 0 N–H and O–H groups in total. The summed E-state index contributed by atoms with van der Waals surface area (Å²) in [5.74, 6) is 0. The topological polar surface area (TPSA) is 9.86 Å². The minimum atomic E-state index is 0.116. The standard InChI is InChI=1S/C50H42N2/c1-49(2)24-25-50(3,4)44-32-48-40(29-43(44)49)42-31-46-41(30-47(42)51(48)37-20-12-7-13-21-37)39-22-14-15-23-45(39)52(46)38-27-35(33-16-8-5-9-17-33)26-36(28-38)34-18-10-6-11-19-34/h5-23,26-32H,24-25H2,1-4H3. The molecule has 7 aromatic carbocycles. The zero-order valence-corrected chi connectivity index (χ0v) is 30.3.